The molecule has 2 N–H and O–H groups in total. The molecule has 170 valence electrons. The van der Waals surface area contributed by atoms with Gasteiger partial charge in [-0.2, -0.15) is 0 Å². The topological polar surface area (TPSA) is 72.9 Å². The molecule has 1 amide bonds. The normalized spacial score (nSPS) is 15.6. The molecule has 1 aromatic rings. The first kappa shape index (κ1) is 26.5. The molecule has 30 heavy (non-hydrogen) atoms. The Kier molecular flexibility index (Phi) is 12.7. The number of pyridine rings is 1. The molecule has 8 heteroatoms. The zero-order valence-corrected chi connectivity index (χ0v) is 21.3. The summed E-state index contributed by atoms with van der Waals surface area (Å²) in [5.74, 6) is 2.70. The number of carbonyl (C=O) groups excluding carboxylic acids is 1. The van der Waals surface area contributed by atoms with Crippen LogP contribution in [-0.2, 0) is 4.79 Å². The lowest BCUT2D eigenvalue weighted by Gasteiger charge is -2.35. The van der Waals surface area contributed by atoms with Crippen molar-refractivity contribution in [3.8, 4) is 0 Å². The van der Waals surface area contributed by atoms with E-state index < -0.39 is 0 Å². The molecule has 0 bridgehead atoms. The number of carbonyl (C=O) groups is 1. The number of aromatic nitrogens is 1. The van der Waals surface area contributed by atoms with Crippen LogP contribution in [0.5, 0.6) is 0 Å². The van der Waals surface area contributed by atoms with E-state index in [0.29, 0.717) is 19.0 Å². The maximum absolute atomic E-state index is 12.5. The van der Waals surface area contributed by atoms with Crippen LogP contribution in [-0.4, -0.2) is 67.6 Å². The first-order valence-corrected chi connectivity index (χ1v) is 10.9. The molecule has 0 aliphatic carbocycles. The van der Waals surface area contributed by atoms with Crippen LogP contribution in [0.2, 0.25) is 0 Å². The summed E-state index contributed by atoms with van der Waals surface area (Å²) in [4.78, 5) is 25.4. The molecule has 1 atom stereocenters. The monoisotopic (exact) mass is 530 g/mol. The minimum atomic E-state index is 0. The Morgan fingerprint density at radius 1 is 1.17 bits per heavy atom. The maximum atomic E-state index is 12.5. The van der Waals surface area contributed by atoms with E-state index in [1.165, 1.54) is 12.8 Å². The molecule has 1 aliphatic heterocycles. The van der Waals surface area contributed by atoms with E-state index in [1.54, 1.807) is 7.05 Å². The molecule has 2 rings (SSSR count). The summed E-state index contributed by atoms with van der Waals surface area (Å²) >= 11 is 0. The van der Waals surface area contributed by atoms with Gasteiger partial charge in [-0.3, -0.25) is 9.79 Å². The summed E-state index contributed by atoms with van der Waals surface area (Å²) in [6.45, 7) is 10.4. The van der Waals surface area contributed by atoms with Crippen molar-refractivity contribution in [3.63, 3.8) is 0 Å². The zero-order chi connectivity index (χ0) is 21.1. The van der Waals surface area contributed by atoms with Crippen molar-refractivity contribution in [2.24, 2.45) is 10.9 Å². The smallest absolute Gasteiger partial charge is 0.224 e. The van der Waals surface area contributed by atoms with E-state index >= 15 is 0 Å². The molecule has 1 aromatic heterocycles. The number of nitrogens with zero attached hydrogens (tertiary/aromatic N) is 4. The minimum absolute atomic E-state index is 0. The van der Waals surface area contributed by atoms with Crippen molar-refractivity contribution in [1.82, 2.24) is 20.5 Å². The summed E-state index contributed by atoms with van der Waals surface area (Å²) in [6, 6.07) is 6.31. The van der Waals surface area contributed by atoms with E-state index in [2.05, 4.69) is 46.3 Å². The standard InChI is InChI=1S/C22H38N6O.HI/c1-18(2)8-7-9-19(3)26-22(23-4)25-13-11-21(29)28-16-14-27(15-17-28)20-10-5-6-12-24-20;/h5-6,10,12,18-19H,7-9,11,13-17H2,1-4H3,(H2,23,25,26);1H. The van der Waals surface area contributed by atoms with Crippen molar-refractivity contribution in [3.05, 3.63) is 24.4 Å². The number of guanidine groups is 1. The van der Waals surface area contributed by atoms with E-state index in [1.807, 2.05) is 29.3 Å². The molecule has 1 aliphatic rings. The lowest BCUT2D eigenvalue weighted by molar-refractivity contribution is -0.131. The van der Waals surface area contributed by atoms with Gasteiger partial charge in [-0.05, 0) is 31.4 Å². The highest BCUT2D eigenvalue weighted by Gasteiger charge is 2.21. The van der Waals surface area contributed by atoms with Gasteiger partial charge in [-0.1, -0.05) is 32.8 Å². The van der Waals surface area contributed by atoms with Crippen LogP contribution < -0.4 is 15.5 Å². The van der Waals surface area contributed by atoms with Gasteiger partial charge in [-0.15, -0.1) is 24.0 Å². The number of halogens is 1. The third-order valence-electron chi connectivity index (χ3n) is 5.26. The second-order valence-electron chi connectivity index (χ2n) is 8.17. The van der Waals surface area contributed by atoms with E-state index in [4.69, 9.17) is 0 Å². The number of aliphatic imine (C=N–C) groups is 1. The molecule has 0 saturated carbocycles. The van der Waals surface area contributed by atoms with Gasteiger partial charge in [0.25, 0.3) is 0 Å². The Morgan fingerprint density at radius 3 is 2.50 bits per heavy atom. The largest absolute Gasteiger partial charge is 0.356 e. The predicted octanol–water partition coefficient (Wildman–Crippen LogP) is 3.12. The number of nitrogens with one attached hydrogen (secondary N) is 2. The number of piperazine rings is 1. The van der Waals surface area contributed by atoms with Crippen LogP contribution in [0.4, 0.5) is 5.82 Å². The van der Waals surface area contributed by atoms with Gasteiger partial charge in [0, 0.05) is 58.4 Å². The first-order valence-electron chi connectivity index (χ1n) is 10.9. The van der Waals surface area contributed by atoms with Crippen LogP contribution in [0.3, 0.4) is 0 Å². The fourth-order valence-corrected chi connectivity index (χ4v) is 3.50. The summed E-state index contributed by atoms with van der Waals surface area (Å²) in [5, 5.41) is 6.69. The van der Waals surface area contributed by atoms with Gasteiger partial charge in [0.1, 0.15) is 5.82 Å². The van der Waals surface area contributed by atoms with E-state index in [-0.39, 0.29) is 29.9 Å². The summed E-state index contributed by atoms with van der Waals surface area (Å²) in [7, 11) is 1.77. The second-order valence-corrected chi connectivity index (χ2v) is 8.17. The minimum Gasteiger partial charge on any atom is -0.356 e. The zero-order valence-electron chi connectivity index (χ0n) is 18.9. The molecular weight excluding hydrogens is 491 g/mol. The molecule has 0 spiro atoms. The Hall–Kier alpha value is -1.58. The Labute approximate surface area is 199 Å². The van der Waals surface area contributed by atoms with Gasteiger partial charge in [0.2, 0.25) is 5.91 Å². The molecule has 1 unspecified atom stereocenters. The van der Waals surface area contributed by atoms with E-state index in [9.17, 15) is 4.79 Å². The third-order valence-corrected chi connectivity index (χ3v) is 5.26. The van der Waals surface area contributed by atoms with Gasteiger partial charge >= 0.3 is 0 Å². The highest BCUT2D eigenvalue weighted by atomic mass is 127. The fourth-order valence-electron chi connectivity index (χ4n) is 3.50. The number of amides is 1. The molecule has 0 radical (unpaired) electrons. The highest BCUT2D eigenvalue weighted by molar-refractivity contribution is 14.0. The van der Waals surface area contributed by atoms with Crippen LogP contribution in [0, 0.1) is 5.92 Å². The maximum Gasteiger partial charge on any atom is 0.224 e. The lowest BCUT2D eigenvalue weighted by atomic mass is 10.0. The Bertz CT molecular complexity index is 632. The van der Waals surface area contributed by atoms with Gasteiger partial charge in [-0.25, -0.2) is 4.98 Å². The molecule has 1 saturated heterocycles. The van der Waals surface area contributed by atoms with Gasteiger partial charge in [0.05, 0.1) is 0 Å². The number of hydrogen-bond acceptors (Lipinski definition) is 4. The molecule has 1 fully saturated rings. The fraction of sp³-hybridized carbons (Fsp3) is 0.682. The van der Waals surface area contributed by atoms with Gasteiger partial charge in [0.15, 0.2) is 5.96 Å². The third kappa shape index (κ3) is 9.49. The van der Waals surface area contributed by atoms with E-state index in [0.717, 1.165) is 50.3 Å². The SMILES string of the molecule is CN=C(NCCC(=O)N1CCN(c2ccccn2)CC1)NC(C)CCCC(C)C.I. The average Bonchev–Trinajstić information content (AvgIpc) is 2.73. The quantitative estimate of drug-likeness (QED) is 0.292. The van der Waals surface area contributed by atoms with Gasteiger partial charge < -0.3 is 20.4 Å². The predicted molar refractivity (Wildman–Crippen MR) is 136 cm³/mol. The second kappa shape index (κ2) is 14.4. The summed E-state index contributed by atoms with van der Waals surface area (Å²) < 4.78 is 0. The van der Waals surface area contributed by atoms with Crippen molar-refractivity contribution in [2.45, 2.75) is 52.5 Å². The van der Waals surface area contributed by atoms with Crippen molar-refractivity contribution in [2.75, 3.05) is 44.7 Å². The van der Waals surface area contributed by atoms with Crippen molar-refractivity contribution >= 4 is 41.7 Å². The number of rotatable bonds is 9. The molecule has 7 nitrogen and oxygen atoms in total. The van der Waals surface area contributed by atoms with Crippen LogP contribution in [0.25, 0.3) is 0 Å². The molecular formula is C22H39IN6O. The lowest BCUT2D eigenvalue weighted by Crippen LogP contribution is -2.50. The molecule has 0 aromatic carbocycles. The highest BCUT2D eigenvalue weighted by Crippen LogP contribution is 2.13. The first-order chi connectivity index (χ1) is 14.0. The van der Waals surface area contributed by atoms with Crippen LogP contribution in [0.1, 0.15) is 46.5 Å². The number of anilines is 1. The van der Waals surface area contributed by atoms with Crippen LogP contribution >= 0.6 is 24.0 Å². The summed E-state index contributed by atoms with van der Waals surface area (Å²) in [5.41, 5.74) is 0. The average molecular weight is 530 g/mol. The summed E-state index contributed by atoms with van der Waals surface area (Å²) in [6.07, 6.45) is 5.88. The van der Waals surface area contributed by atoms with Crippen LogP contribution in [0.15, 0.2) is 29.4 Å². The molecule has 2 heterocycles. The van der Waals surface area contributed by atoms with Crippen molar-refractivity contribution < 1.29 is 4.79 Å². The number of hydrogen-bond donors (Lipinski definition) is 2. The Balaban J connectivity index is 0.00000450. The Morgan fingerprint density at radius 2 is 1.90 bits per heavy atom. The van der Waals surface area contributed by atoms with Crippen molar-refractivity contribution in [1.29, 1.82) is 0 Å².